The maximum Gasteiger partial charge on any atom is 0 e. The van der Waals surface area contributed by atoms with Crippen molar-refractivity contribution in [3.8, 4) is 0 Å². The molecule has 0 nitrogen and oxygen atoms in total. The predicted octanol–water partition coefficient (Wildman–Crippen LogP) is -0.281. The molecule has 0 heterocycles. The molecule has 0 aromatic heterocycles. The van der Waals surface area contributed by atoms with Crippen molar-refractivity contribution in [3.63, 3.8) is 0 Å². The van der Waals surface area contributed by atoms with Gasteiger partial charge in [0, 0.05) is 100 Å². The number of hydrogen-bond acceptors (Lipinski definition) is 0. The second kappa shape index (κ2) is 16.1. The molecular formula is CaMgNaP. The quantitative estimate of drug-likeness (QED) is 0.303. The van der Waals surface area contributed by atoms with Gasteiger partial charge in [-0.25, -0.2) is 0 Å². The second-order valence-electron chi connectivity index (χ2n) is 0. The van der Waals surface area contributed by atoms with E-state index in [0.717, 1.165) is 0 Å². The molecule has 0 amide bonds. The Hall–Kier alpha value is 3.46. The standard InChI is InChI=1S/Ca.Mg.Na.P. The van der Waals surface area contributed by atoms with Crippen LogP contribution >= 0.6 is 9.90 Å². The van der Waals surface area contributed by atoms with Crippen molar-refractivity contribution in [2.75, 3.05) is 0 Å². The van der Waals surface area contributed by atoms with Crippen LogP contribution < -0.4 is 0 Å². The summed E-state index contributed by atoms with van der Waals surface area (Å²) in [5.41, 5.74) is 0. The molecule has 0 aliphatic carbocycles. The molecule has 0 saturated heterocycles. The molecule has 0 aromatic carbocycles. The zero-order valence-corrected chi connectivity index (χ0v) is 9.38. The van der Waals surface area contributed by atoms with Gasteiger partial charge in [0.25, 0.3) is 0 Å². The largest absolute Gasteiger partial charge is 0 e. The molecule has 0 bridgehead atoms. The Bertz CT molecular complexity index is 8.00. The topological polar surface area (TPSA) is 0 Å². The minimum Gasteiger partial charge on any atom is 0 e. The average molecular weight is 118 g/mol. The molecule has 4 heavy (non-hydrogen) atoms. The molecular weight excluding hydrogens is 118 g/mol. The maximum absolute atomic E-state index is 0. The summed E-state index contributed by atoms with van der Waals surface area (Å²) in [6.45, 7) is 0. The van der Waals surface area contributed by atoms with Crippen LogP contribution in [0.4, 0.5) is 0 Å². The van der Waals surface area contributed by atoms with Crippen LogP contribution in [0.2, 0.25) is 0 Å². The van der Waals surface area contributed by atoms with E-state index in [1.54, 1.807) is 0 Å². The van der Waals surface area contributed by atoms with Gasteiger partial charge in [-0.15, -0.1) is 0 Å². The first kappa shape index (κ1) is 26.0. The van der Waals surface area contributed by atoms with E-state index < -0.39 is 0 Å². The fourth-order valence-corrected chi connectivity index (χ4v) is 0. The fraction of sp³-hybridized carbons (Fsp3) is 0. The third-order valence-corrected chi connectivity index (χ3v) is 0. The molecule has 0 aliphatic rings. The summed E-state index contributed by atoms with van der Waals surface area (Å²) >= 11 is 0. The van der Waals surface area contributed by atoms with Crippen LogP contribution in [-0.4, -0.2) is 90.3 Å². The Balaban J connectivity index is 0. The van der Waals surface area contributed by atoms with E-state index in [1.807, 2.05) is 0 Å². The summed E-state index contributed by atoms with van der Waals surface area (Å²) in [7, 11) is 0. The molecule has 0 rings (SSSR count). The third-order valence-electron chi connectivity index (χ3n) is 0. The van der Waals surface area contributed by atoms with Crippen LogP contribution in [0.5, 0.6) is 0 Å². The van der Waals surface area contributed by atoms with E-state index >= 15 is 0 Å². The summed E-state index contributed by atoms with van der Waals surface area (Å²) in [6.07, 6.45) is 0. The van der Waals surface area contributed by atoms with E-state index in [1.165, 1.54) is 0 Å². The van der Waals surface area contributed by atoms with Gasteiger partial charge in [0.15, 0.2) is 0 Å². The first-order chi connectivity index (χ1) is 0. The second-order valence-corrected chi connectivity index (χ2v) is 0. The van der Waals surface area contributed by atoms with Crippen molar-refractivity contribution in [2.24, 2.45) is 0 Å². The van der Waals surface area contributed by atoms with E-state index in [4.69, 9.17) is 0 Å². The van der Waals surface area contributed by atoms with Gasteiger partial charge >= 0.3 is 0 Å². The molecule has 0 N–H and O–H groups in total. The van der Waals surface area contributed by atoms with Gasteiger partial charge in [0.2, 0.25) is 0 Å². The van der Waals surface area contributed by atoms with Crippen molar-refractivity contribution >= 4 is 100 Å². The predicted molar refractivity (Wildman–Crippen MR) is 24.2 cm³/mol. The Kier molecular flexibility index (Phi) is 105. The normalized spacial score (nSPS) is 0. The Morgan fingerprint density at radius 1 is 1.00 bits per heavy atom. The average Bonchev–Trinajstić information content (AvgIpc) is 0. The minimum absolute atomic E-state index is 0. The minimum atomic E-state index is 0. The van der Waals surface area contributed by atoms with E-state index in [0.29, 0.717) is 0 Å². The molecule has 0 unspecified atom stereocenters. The first-order valence-electron chi connectivity index (χ1n) is 0. The van der Waals surface area contributed by atoms with Crippen LogP contribution in [0.1, 0.15) is 0 Å². The first-order valence-corrected chi connectivity index (χ1v) is 0. The summed E-state index contributed by atoms with van der Waals surface area (Å²) < 4.78 is 0. The Labute approximate surface area is 97.9 Å². The zero-order chi connectivity index (χ0) is 0. The van der Waals surface area contributed by atoms with Gasteiger partial charge in [-0.2, -0.15) is 0 Å². The van der Waals surface area contributed by atoms with Crippen LogP contribution in [0, 0.1) is 0 Å². The van der Waals surface area contributed by atoms with E-state index in [2.05, 4.69) is 0 Å². The summed E-state index contributed by atoms with van der Waals surface area (Å²) in [4.78, 5) is 0. The summed E-state index contributed by atoms with van der Waals surface area (Å²) in [6, 6.07) is 0. The fourth-order valence-electron chi connectivity index (χ4n) is 0. The Morgan fingerprint density at radius 2 is 1.00 bits per heavy atom. The Morgan fingerprint density at radius 3 is 1.00 bits per heavy atom. The van der Waals surface area contributed by atoms with Crippen molar-refractivity contribution in [3.05, 3.63) is 0 Å². The van der Waals surface area contributed by atoms with Crippen molar-refractivity contribution in [1.82, 2.24) is 0 Å². The van der Waals surface area contributed by atoms with E-state index in [-0.39, 0.29) is 100 Å². The van der Waals surface area contributed by atoms with Crippen LogP contribution in [0.15, 0.2) is 0 Å². The van der Waals surface area contributed by atoms with Gasteiger partial charge in [-0.05, 0) is 0 Å². The van der Waals surface area contributed by atoms with Gasteiger partial charge in [-0.3, -0.25) is 0 Å². The molecule has 10 valence electrons. The smallest absolute Gasteiger partial charge is 0 e. The van der Waals surface area contributed by atoms with Crippen LogP contribution in [-0.2, 0) is 0 Å². The van der Waals surface area contributed by atoms with Crippen molar-refractivity contribution < 1.29 is 0 Å². The maximum atomic E-state index is 0. The number of hydrogen-bond donors (Lipinski definition) is 0. The number of rotatable bonds is 0. The molecule has 0 spiro atoms. The van der Waals surface area contributed by atoms with Gasteiger partial charge in [-0.1, -0.05) is 0 Å². The molecule has 0 aromatic rings. The third kappa shape index (κ3) is 9.07. The molecule has 8 radical (unpaired) electrons. The van der Waals surface area contributed by atoms with Crippen molar-refractivity contribution in [1.29, 1.82) is 0 Å². The van der Waals surface area contributed by atoms with Crippen molar-refractivity contribution in [2.45, 2.75) is 0 Å². The summed E-state index contributed by atoms with van der Waals surface area (Å²) in [5, 5.41) is 0. The molecule has 0 atom stereocenters. The zero-order valence-electron chi connectivity index (χ0n) is 2.86. The van der Waals surface area contributed by atoms with Gasteiger partial charge in [0.05, 0.1) is 0 Å². The van der Waals surface area contributed by atoms with E-state index in [9.17, 15) is 0 Å². The SMILES string of the molecule is [Ca].[Mg].[Na].[P]. The van der Waals surface area contributed by atoms with Gasteiger partial charge < -0.3 is 0 Å². The van der Waals surface area contributed by atoms with Crippen LogP contribution in [0.3, 0.4) is 0 Å². The molecule has 4 heteroatoms. The van der Waals surface area contributed by atoms with Gasteiger partial charge in [0.1, 0.15) is 0 Å². The monoisotopic (exact) mass is 118 g/mol. The molecule has 0 aliphatic heterocycles. The molecule has 0 fully saturated rings. The van der Waals surface area contributed by atoms with Crippen LogP contribution in [0.25, 0.3) is 0 Å². The molecule has 0 saturated carbocycles. The summed E-state index contributed by atoms with van der Waals surface area (Å²) in [5.74, 6) is 0.